The molecule has 0 fully saturated rings. The molecule has 0 unspecified atom stereocenters. The van der Waals surface area contributed by atoms with Gasteiger partial charge in [0.25, 0.3) is 0 Å². The molecule has 0 saturated carbocycles. The maximum Gasteiger partial charge on any atom is 0.190 e. The lowest BCUT2D eigenvalue weighted by atomic mass is 10.2. The van der Waals surface area contributed by atoms with Crippen LogP contribution in [-0.2, 0) is 4.79 Å². The molecule has 0 aliphatic carbocycles. The summed E-state index contributed by atoms with van der Waals surface area (Å²) < 4.78 is 0. The summed E-state index contributed by atoms with van der Waals surface area (Å²) in [5.74, 6) is 0. The third-order valence-electron chi connectivity index (χ3n) is 1.60. The molecule has 1 aromatic rings. The average Bonchev–Trinajstić information content (AvgIpc) is 2.12. The smallest absolute Gasteiger partial charge is 0.190 e. The third-order valence-corrected chi connectivity index (χ3v) is 2.54. The van der Waals surface area contributed by atoms with Crippen LogP contribution in [0.15, 0.2) is 23.1 Å². The third kappa shape index (κ3) is 6.34. The average molecular weight is 226 g/mol. The van der Waals surface area contributed by atoms with Gasteiger partial charge in [-0.1, -0.05) is 44.2 Å². The zero-order valence-electron chi connectivity index (χ0n) is 10.3. The molecule has 0 aromatic heterocycles. The molecule has 86 valence electrons. The van der Waals surface area contributed by atoms with E-state index in [1.807, 2.05) is 26.0 Å². The van der Waals surface area contributed by atoms with E-state index < -0.39 is 0 Å². The quantitative estimate of drug-likeness (QED) is 0.651. The summed E-state index contributed by atoms with van der Waals surface area (Å²) in [6, 6.07) is 6.14. The van der Waals surface area contributed by atoms with Gasteiger partial charge in [0.1, 0.15) is 0 Å². The van der Waals surface area contributed by atoms with Gasteiger partial charge in [0.05, 0.1) is 0 Å². The molecule has 0 bridgehead atoms. The number of hydrogen-bond acceptors (Lipinski definition) is 2. The van der Waals surface area contributed by atoms with E-state index >= 15 is 0 Å². The van der Waals surface area contributed by atoms with Gasteiger partial charge in [-0.25, -0.2) is 0 Å². The van der Waals surface area contributed by atoms with Gasteiger partial charge in [0.2, 0.25) is 0 Å². The molecule has 0 saturated heterocycles. The van der Waals surface area contributed by atoms with Crippen molar-refractivity contribution in [2.45, 2.75) is 45.9 Å². The van der Waals surface area contributed by atoms with Crippen LogP contribution in [-0.4, -0.2) is 5.12 Å². The van der Waals surface area contributed by atoms with Crippen molar-refractivity contribution in [2.75, 3.05) is 0 Å². The molecule has 0 aliphatic heterocycles. The van der Waals surface area contributed by atoms with Crippen molar-refractivity contribution in [3.63, 3.8) is 0 Å². The molecule has 0 aliphatic rings. The first-order valence-corrected chi connectivity index (χ1v) is 6.08. The zero-order valence-corrected chi connectivity index (χ0v) is 11.1. The molecule has 0 spiro atoms. The number of carbonyl (C=O) groups excluding carboxylic acids is 1. The number of rotatable bonds is 1. The summed E-state index contributed by atoms with van der Waals surface area (Å²) >= 11 is 1.30. The number of hydrogen-bond donors (Lipinski definition) is 0. The van der Waals surface area contributed by atoms with Crippen molar-refractivity contribution in [3.05, 3.63) is 29.3 Å². The Balaban J connectivity index is 0. The minimum absolute atomic E-state index is 0. The monoisotopic (exact) mass is 226 g/mol. The number of benzene rings is 1. The van der Waals surface area contributed by atoms with Gasteiger partial charge in [-0.15, -0.1) is 0 Å². The molecule has 1 aromatic carbocycles. The predicted molar refractivity (Wildman–Crippen MR) is 70.5 cm³/mol. The number of thioether (sulfide) groups is 1. The highest BCUT2D eigenvalue weighted by Gasteiger charge is 2.01. The predicted octanol–water partition coefficient (Wildman–Crippen LogP) is 4.60. The van der Waals surface area contributed by atoms with Crippen LogP contribution < -0.4 is 0 Å². The van der Waals surface area contributed by atoms with Crippen LogP contribution in [0.5, 0.6) is 0 Å². The van der Waals surface area contributed by atoms with Crippen molar-refractivity contribution in [1.82, 2.24) is 0 Å². The molecule has 1 rings (SSSR count). The first kappa shape index (κ1) is 14.2. The fourth-order valence-electron chi connectivity index (χ4n) is 0.972. The van der Waals surface area contributed by atoms with Crippen LogP contribution in [0, 0.1) is 13.8 Å². The summed E-state index contributed by atoms with van der Waals surface area (Å²) in [7, 11) is 0. The Morgan fingerprint density at radius 1 is 1.33 bits per heavy atom. The highest BCUT2D eigenvalue weighted by molar-refractivity contribution is 8.13. The number of aryl methyl sites for hydroxylation is 2. The second-order valence-electron chi connectivity index (χ2n) is 3.57. The molecule has 0 heterocycles. The van der Waals surface area contributed by atoms with E-state index in [2.05, 4.69) is 19.9 Å². The van der Waals surface area contributed by atoms with Gasteiger partial charge in [-0.2, -0.15) is 0 Å². The van der Waals surface area contributed by atoms with Gasteiger partial charge >= 0.3 is 0 Å². The Morgan fingerprint density at radius 3 is 2.33 bits per heavy atom. The summed E-state index contributed by atoms with van der Waals surface area (Å²) in [6.07, 6.45) is 1.25. The molecule has 2 heteroatoms. The van der Waals surface area contributed by atoms with Crippen molar-refractivity contribution in [1.29, 1.82) is 0 Å². The Hall–Kier alpha value is -0.760. The topological polar surface area (TPSA) is 17.1 Å². The summed E-state index contributed by atoms with van der Waals surface area (Å²) in [6.45, 7) is 9.89. The van der Waals surface area contributed by atoms with Crippen LogP contribution >= 0.6 is 11.8 Å². The first-order valence-electron chi connectivity index (χ1n) is 5.26. The van der Waals surface area contributed by atoms with Gasteiger partial charge in [0, 0.05) is 13.2 Å². The summed E-state index contributed by atoms with van der Waals surface area (Å²) in [4.78, 5) is 11.9. The Kier molecular flexibility index (Phi) is 7.14. The minimum atomic E-state index is 0. The van der Waals surface area contributed by atoms with Gasteiger partial charge < -0.3 is 0 Å². The normalized spacial score (nSPS) is 9.13. The van der Waals surface area contributed by atoms with Crippen molar-refractivity contribution in [2.24, 2.45) is 0 Å². The van der Waals surface area contributed by atoms with Crippen LogP contribution in [0.1, 0.15) is 39.7 Å². The molecule has 0 radical (unpaired) electrons. The van der Waals surface area contributed by atoms with E-state index in [0.717, 1.165) is 4.90 Å². The molecule has 0 N–H and O–H groups in total. The van der Waals surface area contributed by atoms with E-state index in [1.165, 1.54) is 29.3 Å². The van der Waals surface area contributed by atoms with Crippen LogP contribution in [0.4, 0.5) is 0 Å². The summed E-state index contributed by atoms with van der Waals surface area (Å²) in [5.41, 5.74) is 2.37. The fourth-order valence-corrected chi connectivity index (χ4v) is 1.76. The zero-order chi connectivity index (χ0) is 11.8. The minimum Gasteiger partial charge on any atom is -0.287 e. The second kappa shape index (κ2) is 7.52. The van der Waals surface area contributed by atoms with E-state index in [9.17, 15) is 4.79 Å². The van der Waals surface area contributed by atoms with E-state index in [4.69, 9.17) is 0 Å². The van der Waals surface area contributed by atoms with Gasteiger partial charge in [-0.3, -0.25) is 4.79 Å². The van der Waals surface area contributed by atoms with Crippen LogP contribution in [0.25, 0.3) is 0 Å². The Labute approximate surface area is 98.8 Å². The van der Waals surface area contributed by atoms with Gasteiger partial charge in [-0.05, 0) is 31.0 Å². The first-order chi connectivity index (χ1) is 7.01. The highest BCUT2D eigenvalue weighted by atomic mass is 32.2. The Bertz CT molecular complexity index is 324. The fraction of sp³-hybridized carbons (Fsp3) is 0.462. The molecule has 0 amide bonds. The molecule has 1 nitrogen and oxygen atoms in total. The Morgan fingerprint density at radius 2 is 1.87 bits per heavy atom. The van der Waals surface area contributed by atoms with Crippen molar-refractivity contribution < 1.29 is 6.22 Å². The van der Waals surface area contributed by atoms with Crippen molar-refractivity contribution in [3.8, 4) is 0 Å². The van der Waals surface area contributed by atoms with E-state index in [1.54, 1.807) is 6.92 Å². The highest BCUT2D eigenvalue weighted by Crippen LogP contribution is 2.23. The van der Waals surface area contributed by atoms with Crippen LogP contribution in [0.3, 0.4) is 0 Å². The molecule has 0 atom stereocenters. The second-order valence-corrected chi connectivity index (χ2v) is 4.79. The van der Waals surface area contributed by atoms with Crippen LogP contribution in [0.2, 0.25) is 0 Å². The SMILES string of the molecule is CC(=O)Sc1cc(C)ccc1C.CCC.[HH]. The maximum atomic E-state index is 10.8. The standard InChI is InChI=1S/C10H12OS.C3H8.H2/c1-7-4-5-8(2)10(6-7)12-9(3)11;1-3-2;/h4-6H,1-3H3;3H2,1-2H3;1H. The maximum absolute atomic E-state index is 10.8. The lowest BCUT2D eigenvalue weighted by Crippen LogP contribution is -1.85. The molecular formula is C13H22OS. The van der Waals surface area contributed by atoms with Gasteiger partial charge in [0.15, 0.2) is 5.12 Å². The molecular weight excluding hydrogens is 204 g/mol. The molecule has 15 heavy (non-hydrogen) atoms. The van der Waals surface area contributed by atoms with E-state index in [-0.39, 0.29) is 6.54 Å². The largest absolute Gasteiger partial charge is 0.287 e. The van der Waals surface area contributed by atoms with E-state index in [0.29, 0.717) is 0 Å². The number of carbonyl (C=O) groups is 1. The summed E-state index contributed by atoms with van der Waals surface area (Å²) in [5, 5.41) is 0.142. The lowest BCUT2D eigenvalue weighted by molar-refractivity contribution is -0.109. The lowest BCUT2D eigenvalue weighted by Gasteiger charge is -2.03. The van der Waals surface area contributed by atoms with Crippen molar-refractivity contribution >= 4 is 16.9 Å².